The minimum atomic E-state index is -2.23. The maximum absolute atomic E-state index is 13.5. The number of halogens is 1. The first-order valence-corrected chi connectivity index (χ1v) is 11.0. The minimum Gasteiger partial charge on any atom is -0.481 e. The number of hydrogen-bond acceptors (Lipinski definition) is 4. The molecule has 0 saturated heterocycles. The van der Waals surface area contributed by atoms with Crippen molar-refractivity contribution in [2.24, 2.45) is 0 Å². The maximum Gasteiger partial charge on any atom is 0.511 e. The van der Waals surface area contributed by atoms with Gasteiger partial charge in [-0.25, -0.2) is 4.39 Å². The standard InChI is InChI=1S/C24H20FO5P/c1-16-13-18-5-2-3-6-22(18)24(17-8-10-19(25)11-9-17)21(16)7-4-12-30-31(29)15-20(26)14-23(27)28/h2-3,5-6,8-11,13,20,26H,12,14-15H2,1H3/p+1. The minimum absolute atomic E-state index is 0.135. The summed E-state index contributed by atoms with van der Waals surface area (Å²) in [4.78, 5) is 10.6. The number of aliphatic carboxylic acids is 1. The third-order valence-corrected chi connectivity index (χ3v) is 5.78. The number of benzene rings is 3. The molecule has 0 aliphatic carbocycles. The molecule has 0 heterocycles. The Hall–Kier alpha value is -3.10. The molecule has 0 bridgehead atoms. The van der Waals surface area contributed by atoms with Crippen molar-refractivity contribution >= 4 is 24.8 Å². The Morgan fingerprint density at radius 2 is 1.90 bits per heavy atom. The van der Waals surface area contributed by atoms with Gasteiger partial charge in [0.05, 0.1) is 6.42 Å². The fourth-order valence-electron chi connectivity index (χ4n) is 3.28. The fraction of sp³-hybridized carbons (Fsp3) is 0.208. The Balaban J connectivity index is 1.87. The highest BCUT2D eigenvalue weighted by atomic mass is 31.1. The van der Waals surface area contributed by atoms with Crippen molar-refractivity contribution in [1.29, 1.82) is 0 Å². The topological polar surface area (TPSA) is 83.8 Å². The lowest BCUT2D eigenvalue weighted by Gasteiger charge is -2.13. The molecule has 0 spiro atoms. The first-order chi connectivity index (χ1) is 14.8. The lowest BCUT2D eigenvalue weighted by molar-refractivity contribution is -0.138. The molecule has 0 amide bonds. The van der Waals surface area contributed by atoms with Crippen LogP contribution < -0.4 is 0 Å². The van der Waals surface area contributed by atoms with Crippen LogP contribution in [0.4, 0.5) is 4.39 Å². The van der Waals surface area contributed by atoms with Crippen LogP contribution in [0.5, 0.6) is 0 Å². The molecule has 0 aliphatic heterocycles. The summed E-state index contributed by atoms with van der Waals surface area (Å²) in [5, 5.41) is 20.2. The van der Waals surface area contributed by atoms with E-state index in [2.05, 4.69) is 11.8 Å². The molecule has 158 valence electrons. The van der Waals surface area contributed by atoms with Crippen molar-refractivity contribution in [2.45, 2.75) is 19.4 Å². The largest absolute Gasteiger partial charge is 0.511 e. The summed E-state index contributed by atoms with van der Waals surface area (Å²) in [6, 6.07) is 16.1. The molecule has 2 N–H and O–H groups in total. The Morgan fingerprint density at radius 1 is 1.19 bits per heavy atom. The van der Waals surface area contributed by atoms with Gasteiger partial charge >= 0.3 is 14.0 Å². The maximum atomic E-state index is 13.5. The van der Waals surface area contributed by atoms with Crippen LogP contribution in [0.2, 0.25) is 0 Å². The number of fused-ring (bicyclic) bond motifs is 1. The van der Waals surface area contributed by atoms with Crippen LogP contribution in [0.15, 0.2) is 54.6 Å². The smallest absolute Gasteiger partial charge is 0.481 e. The summed E-state index contributed by atoms with van der Waals surface area (Å²) in [6.45, 7) is 1.80. The Morgan fingerprint density at radius 3 is 2.61 bits per heavy atom. The predicted molar refractivity (Wildman–Crippen MR) is 118 cm³/mol. The summed E-state index contributed by atoms with van der Waals surface area (Å²) < 4.78 is 30.5. The van der Waals surface area contributed by atoms with E-state index in [0.29, 0.717) is 0 Å². The Kier molecular flexibility index (Phi) is 7.49. The van der Waals surface area contributed by atoms with Gasteiger partial charge in [-0.15, -0.1) is 4.52 Å². The highest BCUT2D eigenvalue weighted by Gasteiger charge is 2.25. The zero-order chi connectivity index (χ0) is 22.4. The van der Waals surface area contributed by atoms with Crippen LogP contribution in [-0.4, -0.2) is 35.1 Å². The number of aliphatic hydroxyl groups excluding tert-OH is 1. The molecule has 0 radical (unpaired) electrons. The van der Waals surface area contributed by atoms with Crippen molar-refractivity contribution < 1.29 is 28.5 Å². The van der Waals surface area contributed by atoms with Crippen molar-refractivity contribution in [1.82, 2.24) is 0 Å². The molecule has 0 saturated carbocycles. The van der Waals surface area contributed by atoms with Gasteiger partial charge in [0.25, 0.3) is 0 Å². The van der Waals surface area contributed by atoms with Crippen molar-refractivity contribution in [3.63, 3.8) is 0 Å². The molecule has 5 nitrogen and oxygen atoms in total. The van der Waals surface area contributed by atoms with E-state index in [1.807, 2.05) is 37.3 Å². The molecule has 0 aliphatic rings. The molecule has 0 fully saturated rings. The van der Waals surface area contributed by atoms with Crippen LogP contribution in [0.1, 0.15) is 17.5 Å². The third kappa shape index (κ3) is 5.96. The van der Waals surface area contributed by atoms with E-state index in [0.717, 1.165) is 33.0 Å². The van der Waals surface area contributed by atoms with Crippen LogP contribution in [0.25, 0.3) is 21.9 Å². The summed E-state index contributed by atoms with van der Waals surface area (Å²) in [7, 11) is -2.23. The number of carboxylic acid groups (broad SMARTS) is 1. The monoisotopic (exact) mass is 439 g/mol. The molecule has 3 aromatic carbocycles. The predicted octanol–water partition coefficient (Wildman–Crippen LogP) is 4.90. The number of carboxylic acids is 1. The first-order valence-electron chi connectivity index (χ1n) is 9.59. The molecular weight excluding hydrogens is 418 g/mol. The third-order valence-electron chi connectivity index (χ3n) is 4.64. The molecule has 7 heteroatoms. The van der Waals surface area contributed by atoms with Crippen molar-refractivity contribution in [2.75, 3.05) is 12.8 Å². The SMILES string of the molecule is Cc1cc2ccccc2c(-c2ccc(F)cc2)c1C#CCO[P+](=O)CC(O)CC(=O)O. The summed E-state index contributed by atoms with van der Waals surface area (Å²) in [5.74, 6) is 4.43. The lowest BCUT2D eigenvalue weighted by atomic mass is 9.90. The van der Waals surface area contributed by atoms with Gasteiger partial charge in [-0.1, -0.05) is 54.3 Å². The van der Waals surface area contributed by atoms with E-state index in [1.165, 1.54) is 12.1 Å². The van der Waals surface area contributed by atoms with Gasteiger partial charge in [-0.2, -0.15) is 0 Å². The van der Waals surface area contributed by atoms with Gasteiger partial charge < -0.3 is 10.2 Å². The molecule has 2 unspecified atom stereocenters. The second-order valence-corrected chi connectivity index (χ2v) is 8.30. The van der Waals surface area contributed by atoms with Crippen molar-refractivity contribution in [3.05, 3.63) is 71.5 Å². The van der Waals surface area contributed by atoms with Crippen LogP contribution in [0.3, 0.4) is 0 Å². The normalized spacial score (nSPS) is 12.2. The second-order valence-electron chi connectivity index (χ2n) is 7.01. The molecule has 3 rings (SSSR count). The molecule has 2 atom stereocenters. The van der Waals surface area contributed by atoms with Gasteiger partial charge in [0, 0.05) is 11.1 Å². The number of carbonyl (C=O) groups is 1. The zero-order valence-electron chi connectivity index (χ0n) is 16.8. The van der Waals surface area contributed by atoms with Crippen LogP contribution >= 0.6 is 8.03 Å². The van der Waals surface area contributed by atoms with E-state index in [1.54, 1.807) is 12.1 Å². The van der Waals surface area contributed by atoms with Crippen LogP contribution in [-0.2, 0) is 13.9 Å². The number of rotatable bonds is 7. The van der Waals surface area contributed by atoms with Gasteiger partial charge in [0.2, 0.25) is 6.16 Å². The van der Waals surface area contributed by atoms with E-state index in [-0.39, 0.29) is 18.6 Å². The molecule has 0 aromatic heterocycles. The van der Waals surface area contributed by atoms with Gasteiger partial charge in [-0.3, -0.25) is 4.79 Å². The van der Waals surface area contributed by atoms with E-state index >= 15 is 0 Å². The first kappa shape index (κ1) is 22.6. The molecule has 31 heavy (non-hydrogen) atoms. The van der Waals surface area contributed by atoms with E-state index in [9.17, 15) is 18.9 Å². The molecule has 3 aromatic rings. The number of aliphatic hydroxyl groups is 1. The zero-order valence-corrected chi connectivity index (χ0v) is 17.7. The number of hydrogen-bond donors (Lipinski definition) is 2. The Bertz CT molecular complexity index is 1180. The summed E-state index contributed by atoms with van der Waals surface area (Å²) in [6.07, 6.45) is -1.99. The summed E-state index contributed by atoms with van der Waals surface area (Å²) >= 11 is 0. The van der Waals surface area contributed by atoms with Crippen molar-refractivity contribution in [3.8, 4) is 23.0 Å². The lowest BCUT2D eigenvalue weighted by Crippen LogP contribution is -2.15. The molecular formula is C24H21FO5P+. The highest BCUT2D eigenvalue weighted by molar-refractivity contribution is 7.39. The van der Waals surface area contributed by atoms with Crippen LogP contribution in [0, 0.1) is 24.6 Å². The Labute approximate surface area is 180 Å². The summed E-state index contributed by atoms with van der Waals surface area (Å²) in [5.41, 5.74) is 3.40. The second kappa shape index (κ2) is 10.3. The van der Waals surface area contributed by atoms with E-state index < -0.39 is 26.5 Å². The van der Waals surface area contributed by atoms with Gasteiger partial charge in [0.15, 0.2) is 6.61 Å². The average Bonchev–Trinajstić information content (AvgIpc) is 2.71. The average molecular weight is 439 g/mol. The van der Waals surface area contributed by atoms with Gasteiger partial charge in [0.1, 0.15) is 11.9 Å². The van der Waals surface area contributed by atoms with E-state index in [4.69, 9.17) is 9.63 Å². The highest BCUT2D eigenvalue weighted by Crippen LogP contribution is 2.34. The van der Waals surface area contributed by atoms with Gasteiger partial charge in [-0.05, 0) is 45.5 Å². The quantitative estimate of drug-likeness (QED) is 0.404. The number of aryl methyl sites for hydroxylation is 1. The fourth-order valence-corrected chi connectivity index (χ4v) is 4.07.